The molecule has 10 heteroatoms. The topological polar surface area (TPSA) is 130 Å². The summed E-state index contributed by atoms with van der Waals surface area (Å²) >= 11 is 0. The number of carbonyl (C=O) groups is 4. The van der Waals surface area contributed by atoms with Gasteiger partial charge in [0.2, 0.25) is 0 Å². The van der Waals surface area contributed by atoms with Crippen LogP contribution >= 0.6 is 0 Å². The normalized spacial score (nSPS) is 25.2. The minimum atomic E-state index is -0.492. The zero-order chi connectivity index (χ0) is 42.6. The van der Waals surface area contributed by atoms with Gasteiger partial charge in [0.15, 0.2) is 0 Å². The van der Waals surface area contributed by atoms with Crippen molar-refractivity contribution in [1.82, 2.24) is 0 Å². The molecule has 2 saturated carbocycles. The summed E-state index contributed by atoms with van der Waals surface area (Å²) in [6.45, 7) is 6.03. The average Bonchev–Trinajstić information content (AvgIpc) is 4.19. The third kappa shape index (κ3) is 20.3. The smallest absolute Gasteiger partial charge is 0.309 e. The molecule has 0 aromatic heterocycles. The van der Waals surface area contributed by atoms with Crippen LogP contribution in [0.4, 0.5) is 0 Å². The number of epoxide rings is 2. The third-order valence-corrected chi connectivity index (χ3v) is 13.5. The van der Waals surface area contributed by atoms with Gasteiger partial charge in [-0.2, -0.15) is 0 Å². The molecule has 0 N–H and O–H groups in total. The van der Waals surface area contributed by atoms with Crippen LogP contribution in [0.1, 0.15) is 219 Å². The maximum atomic E-state index is 13.1. The number of carbonyl (C=O) groups excluding carboxylic acids is 4. The van der Waals surface area contributed by atoms with E-state index in [0.717, 1.165) is 64.2 Å². The van der Waals surface area contributed by atoms with Crippen molar-refractivity contribution in [1.29, 1.82) is 0 Å². The van der Waals surface area contributed by atoms with Crippen LogP contribution in [0.15, 0.2) is 0 Å². The van der Waals surface area contributed by atoms with Crippen molar-refractivity contribution in [3.63, 3.8) is 0 Å². The number of rotatable bonds is 37. The van der Waals surface area contributed by atoms with E-state index in [-0.39, 0.29) is 48.3 Å². The lowest BCUT2D eigenvalue weighted by Crippen LogP contribution is -2.37. The lowest BCUT2D eigenvalue weighted by molar-refractivity contribution is -0.162. The van der Waals surface area contributed by atoms with E-state index in [4.69, 9.17) is 28.4 Å². The highest BCUT2D eigenvalue weighted by Gasteiger charge is 2.54. The first-order valence-electron chi connectivity index (χ1n) is 25.4. The molecule has 10 nitrogen and oxygen atoms in total. The predicted molar refractivity (Wildman–Crippen MR) is 234 cm³/mol. The molecule has 2 aliphatic heterocycles. The van der Waals surface area contributed by atoms with Crippen LogP contribution in [0, 0.1) is 23.7 Å². The van der Waals surface area contributed by atoms with Crippen LogP contribution < -0.4 is 0 Å². The number of esters is 4. The fourth-order valence-electron chi connectivity index (χ4n) is 9.45. The summed E-state index contributed by atoms with van der Waals surface area (Å²) in [5, 5.41) is 0. The Morgan fingerprint density at radius 1 is 0.317 bits per heavy atom. The van der Waals surface area contributed by atoms with Gasteiger partial charge in [-0.15, -0.1) is 0 Å². The minimum Gasteiger partial charge on any atom is -0.465 e. The van der Waals surface area contributed by atoms with E-state index in [9.17, 15) is 19.2 Å². The molecular weight excluding hydrogens is 761 g/mol. The second-order valence-corrected chi connectivity index (χ2v) is 18.7. The molecule has 8 unspecified atom stereocenters. The van der Waals surface area contributed by atoms with E-state index in [2.05, 4.69) is 13.8 Å². The second-order valence-electron chi connectivity index (χ2n) is 18.7. The average molecular weight is 847 g/mol. The molecule has 4 rings (SSSR count). The van der Waals surface area contributed by atoms with Crippen LogP contribution in [-0.4, -0.2) is 74.7 Å². The summed E-state index contributed by atoms with van der Waals surface area (Å²) in [5.41, 5.74) is 0. The van der Waals surface area contributed by atoms with Gasteiger partial charge >= 0.3 is 23.9 Å². The minimum absolute atomic E-state index is 0.0617. The van der Waals surface area contributed by atoms with Crippen molar-refractivity contribution >= 4 is 23.9 Å². The molecule has 0 aromatic rings. The molecule has 60 heavy (non-hydrogen) atoms. The first-order valence-corrected chi connectivity index (χ1v) is 25.4. The molecule has 0 aromatic carbocycles. The first kappa shape index (κ1) is 50.4. The van der Waals surface area contributed by atoms with E-state index in [1.807, 2.05) is 0 Å². The Morgan fingerprint density at radius 2 is 0.500 bits per heavy atom. The van der Waals surface area contributed by atoms with E-state index < -0.39 is 23.7 Å². The van der Waals surface area contributed by atoms with Gasteiger partial charge in [0.25, 0.3) is 0 Å². The molecule has 2 heterocycles. The number of unbranched alkanes of at least 4 members (excludes halogenated alkanes) is 25. The van der Waals surface area contributed by atoms with Crippen LogP contribution in [0.25, 0.3) is 0 Å². The summed E-state index contributed by atoms with van der Waals surface area (Å²) in [6, 6.07) is 0. The second kappa shape index (κ2) is 30.8. The molecule has 2 aliphatic carbocycles. The monoisotopic (exact) mass is 847 g/mol. The quantitative estimate of drug-likeness (QED) is 0.0258. The Hall–Kier alpha value is -2.20. The zero-order valence-electron chi connectivity index (χ0n) is 38.2. The van der Waals surface area contributed by atoms with E-state index in [1.165, 1.54) is 116 Å². The maximum absolute atomic E-state index is 13.1. The molecule has 2 saturated heterocycles. The molecule has 346 valence electrons. The Bertz CT molecular complexity index is 1100. The van der Waals surface area contributed by atoms with Crippen molar-refractivity contribution < 1.29 is 47.6 Å². The van der Waals surface area contributed by atoms with Gasteiger partial charge in [-0.3, -0.25) is 19.2 Å². The highest BCUT2D eigenvalue weighted by molar-refractivity contribution is 5.83. The van der Waals surface area contributed by atoms with Gasteiger partial charge in [0.05, 0.1) is 74.5 Å². The zero-order valence-corrected chi connectivity index (χ0v) is 38.2. The SMILES string of the molecule is CCCCCCCCCCCCCOC(=O)C1CC2OC2CC1C(=O)OCCCCCCCCOC(=O)C1CC2OC2CC1C(=O)OCCCCCCCCCCCCC. The molecule has 0 bridgehead atoms. The van der Waals surface area contributed by atoms with E-state index in [1.54, 1.807) is 0 Å². The van der Waals surface area contributed by atoms with Crippen molar-refractivity contribution in [2.75, 3.05) is 26.4 Å². The Morgan fingerprint density at radius 3 is 0.700 bits per heavy atom. The standard InChI is InChI=1S/C50H86O10/c1-3-5-7-9-11-13-15-17-19-23-27-31-55-47(51)39-35-43-45(59-43)37-41(39)49(53)57-33-29-25-21-22-26-30-34-58-50(54)42-38-46-44(60-46)36-40(42)48(52)56-32-28-24-20-18-16-14-12-10-8-6-4-2/h39-46H,3-38H2,1-2H3. The largest absolute Gasteiger partial charge is 0.465 e. The number of hydrogen-bond donors (Lipinski definition) is 0. The van der Waals surface area contributed by atoms with Gasteiger partial charge in [0.1, 0.15) is 0 Å². The molecule has 4 aliphatic rings. The van der Waals surface area contributed by atoms with Crippen LogP contribution in [0.2, 0.25) is 0 Å². The number of ether oxygens (including phenoxy) is 6. The summed E-state index contributed by atoms with van der Waals surface area (Å²) in [5.74, 6) is -3.11. The van der Waals surface area contributed by atoms with Crippen molar-refractivity contribution in [3.8, 4) is 0 Å². The molecule has 0 spiro atoms. The summed E-state index contributed by atoms with van der Waals surface area (Å²) in [7, 11) is 0. The van der Waals surface area contributed by atoms with Gasteiger partial charge < -0.3 is 28.4 Å². The van der Waals surface area contributed by atoms with Crippen molar-refractivity contribution in [3.05, 3.63) is 0 Å². The number of fused-ring (bicyclic) bond motifs is 2. The Labute approximate surface area is 364 Å². The summed E-state index contributed by atoms with van der Waals surface area (Å²) < 4.78 is 34.0. The fraction of sp³-hybridized carbons (Fsp3) is 0.920. The van der Waals surface area contributed by atoms with Crippen LogP contribution in [0.3, 0.4) is 0 Å². The maximum Gasteiger partial charge on any atom is 0.309 e. The highest BCUT2D eigenvalue weighted by atomic mass is 16.6. The Kier molecular flexibility index (Phi) is 25.9. The van der Waals surface area contributed by atoms with Crippen LogP contribution in [-0.2, 0) is 47.6 Å². The molecule has 0 radical (unpaired) electrons. The van der Waals surface area contributed by atoms with Gasteiger partial charge in [-0.25, -0.2) is 0 Å². The van der Waals surface area contributed by atoms with Gasteiger partial charge in [-0.05, 0) is 51.4 Å². The van der Waals surface area contributed by atoms with Gasteiger partial charge in [0, 0.05) is 0 Å². The Balaban J connectivity index is 0.973. The van der Waals surface area contributed by atoms with Crippen LogP contribution in [0.5, 0.6) is 0 Å². The first-order chi connectivity index (χ1) is 29.4. The van der Waals surface area contributed by atoms with E-state index >= 15 is 0 Å². The highest BCUT2D eigenvalue weighted by Crippen LogP contribution is 2.45. The van der Waals surface area contributed by atoms with E-state index in [0.29, 0.717) is 52.1 Å². The lowest BCUT2D eigenvalue weighted by atomic mass is 9.79. The third-order valence-electron chi connectivity index (χ3n) is 13.5. The van der Waals surface area contributed by atoms with Gasteiger partial charge in [-0.1, -0.05) is 168 Å². The number of hydrogen-bond acceptors (Lipinski definition) is 10. The molecular formula is C50H86O10. The lowest BCUT2D eigenvalue weighted by Gasteiger charge is -2.26. The van der Waals surface area contributed by atoms with Crippen molar-refractivity contribution in [2.45, 2.75) is 244 Å². The predicted octanol–water partition coefficient (Wildman–Crippen LogP) is 11.7. The molecule has 8 atom stereocenters. The fourth-order valence-corrected chi connectivity index (χ4v) is 9.45. The van der Waals surface area contributed by atoms with Crippen molar-refractivity contribution in [2.24, 2.45) is 23.7 Å². The molecule has 4 fully saturated rings. The summed E-state index contributed by atoms with van der Waals surface area (Å²) in [6.07, 6.45) is 35.2. The summed E-state index contributed by atoms with van der Waals surface area (Å²) in [4.78, 5) is 52.2. The molecule has 0 amide bonds.